The number of carbonyl (C=O) groups excluding carboxylic acids is 1. The molecule has 2 fully saturated rings. The molecule has 6 nitrogen and oxygen atoms in total. The predicted molar refractivity (Wildman–Crippen MR) is 129 cm³/mol. The number of nitrogens with zero attached hydrogens (tertiary/aromatic N) is 3. The van der Waals surface area contributed by atoms with E-state index in [-0.39, 0.29) is 24.0 Å². The maximum atomic E-state index is 12.1. The van der Waals surface area contributed by atoms with Crippen LogP contribution in [0.15, 0.2) is 4.99 Å². The molecule has 7 heteroatoms. The summed E-state index contributed by atoms with van der Waals surface area (Å²) < 4.78 is 0. The Morgan fingerprint density at radius 3 is 2.57 bits per heavy atom. The minimum Gasteiger partial charge on any atom is -0.357 e. The van der Waals surface area contributed by atoms with Crippen LogP contribution in [0, 0.1) is 5.92 Å². The lowest BCUT2D eigenvalue weighted by Gasteiger charge is -2.31. The molecule has 2 aliphatic rings. The number of hydrogen-bond acceptors (Lipinski definition) is 3. The Kier molecular flexibility index (Phi) is 13.9. The topological polar surface area (TPSA) is 60.0 Å². The molecular weight excluding hydrogens is 465 g/mol. The van der Waals surface area contributed by atoms with Crippen LogP contribution in [0.5, 0.6) is 0 Å². The van der Waals surface area contributed by atoms with Crippen molar-refractivity contribution in [1.82, 2.24) is 20.4 Å². The van der Waals surface area contributed by atoms with Crippen molar-refractivity contribution < 1.29 is 4.79 Å². The monoisotopic (exact) mass is 507 g/mol. The molecule has 2 N–H and O–H groups in total. The van der Waals surface area contributed by atoms with Crippen molar-refractivity contribution in [3.63, 3.8) is 0 Å². The number of nitrogens with one attached hydrogen (secondary N) is 2. The first kappa shape index (κ1) is 25.5. The van der Waals surface area contributed by atoms with Gasteiger partial charge in [0.1, 0.15) is 0 Å². The van der Waals surface area contributed by atoms with Crippen molar-refractivity contribution in [1.29, 1.82) is 0 Å². The van der Waals surface area contributed by atoms with E-state index in [0.717, 1.165) is 64.4 Å². The standard InChI is InChI=1S/C21H41N5O.HI/c1-3-13-25-16-10-19(11-17-25)18-24-21(22-4-2)23-12-8-15-26-14-7-5-6-9-20(26)27;/h19H,3-18H2,1-2H3,(H2,22,23,24);1H. The highest BCUT2D eigenvalue weighted by Gasteiger charge is 2.18. The van der Waals surface area contributed by atoms with Crippen LogP contribution in [0.2, 0.25) is 0 Å². The summed E-state index contributed by atoms with van der Waals surface area (Å²) in [6.45, 7) is 12.5. The Labute approximate surface area is 189 Å². The van der Waals surface area contributed by atoms with Crippen molar-refractivity contribution in [2.24, 2.45) is 10.9 Å². The summed E-state index contributed by atoms with van der Waals surface area (Å²) in [5.41, 5.74) is 0. The molecule has 2 rings (SSSR count). The maximum absolute atomic E-state index is 12.1. The smallest absolute Gasteiger partial charge is 0.222 e. The van der Waals surface area contributed by atoms with Gasteiger partial charge in [-0.1, -0.05) is 13.3 Å². The number of guanidine groups is 1. The first-order valence-corrected chi connectivity index (χ1v) is 11.2. The van der Waals surface area contributed by atoms with Crippen molar-refractivity contribution in [3.8, 4) is 0 Å². The van der Waals surface area contributed by atoms with Crippen molar-refractivity contribution in [2.75, 3.05) is 52.4 Å². The lowest BCUT2D eigenvalue weighted by molar-refractivity contribution is -0.130. The maximum Gasteiger partial charge on any atom is 0.222 e. The molecule has 2 heterocycles. The highest BCUT2D eigenvalue weighted by molar-refractivity contribution is 14.0. The molecule has 0 aromatic heterocycles. The SMILES string of the molecule is CCCN1CCC(CN=C(NCC)NCCCN2CCCCCC2=O)CC1.I. The van der Waals surface area contributed by atoms with Gasteiger partial charge in [0.15, 0.2) is 5.96 Å². The minimum atomic E-state index is 0. The molecule has 2 saturated heterocycles. The molecule has 0 saturated carbocycles. The van der Waals surface area contributed by atoms with E-state index in [0.29, 0.717) is 11.8 Å². The molecular formula is C21H42IN5O. The van der Waals surface area contributed by atoms with Gasteiger partial charge in [0, 0.05) is 39.1 Å². The molecule has 1 amide bonds. The lowest BCUT2D eigenvalue weighted by Crippen LogP contribution is -2.40. The second-order valence-corrected chi connectivity index (χ2v) is 7.98. The van der Waals surface area contributed by atoms with Crippen LogP contribution >= 0.6 is 24.0 Å². The summed E-state index contributed by atoms with van der Waals surface area (Å²) in [6, 6.07) is 0. The first-order valence-electron chi connectivity index (χ1n) is 11.2. The Balaban J connectivity index is 0.00000392. The van der Waals surface area contributed by atoms with E-state index in [1.807, 2.05) is 4.90 Å². The summed E-state index contributed by atoms with van der Waals surface area (Å²) in [5, 5.41) is 6.81. The summed E-state index contributed by atoms with van der Waals surface area (Å²) in [7, 11) is 0. The number of halogens is 1. The zero-order valence-corrected chi connectivity index (χ0v) is 20.4. The Bertz CT molecular complexity index is 452. The van der Waals surface area contributed by atoms with E-state index in [1.54, 1.807) is 0 Å². The van der Waals surface area contributed by atoms with E-state index < -0.39 is 0 Å². The van der Waals surface area contributed by atoms with Crippen molar-refractivity contribution >= 4 is 35.8 Å². The number of piperidine rings is 1. The largest absolute Gasteiger partial charge is 0.357 e. The molecule has 28 heavy (non-hydrogen) atoms. The third-order valence-electron chi connectivity index (χ3n) is 5.67. The van der Waals surface area contributed by atoms with Crippen molar-refractivity contribution in [3.05, 3.63) is 0 Å². The quantitative estimate of drug-likeness (QED) is 0.218. The van der Waals surface area contributed by atoms with Gasteiger partial charge in [-0.05, 0) is 71.0 Å². The Morgan fingerprint density at radius 2 is 1.86 bits per heavy atom. The van der Waals surface area contributed by atoms with Gasteiger partial charge in [-0.2, -0.15) is 0 Å². The molecule has 0 unspecified atom stereocenters. The fourth-order valence-electron chi connectivity index (χ4n) is 4.02. The van der Waals surface area contributed by atoms with Crippen molar-refractivity contribution in [2.45, 2.75) is 65.2 Å². The van der Waals surface area contributed by atoms with Crippen LogP contribution in [-0.4, -0.2) is 74.0 Å². The number of carbonyl (C=O) groups is 1. The number of amides is 1. The first-order chi connectivity index (χ1) is 13.2. The molecule has 0 bridgehead atoms. The second kappa shape index (κ2) is 15.3. The highest BCUT2D eigenvalue weighted by Crippen LogP contribution is 2.17. The summed E-state index contributed by atoms with van der Waals surface area (Å²) in [6.07, 6.45) is 8.89. The average molecular weight is 508 g/mol. The van der Waals surface area contributed by atoms with Gasteiger partial charge in [-0.25, -0.2) is 0 Å². The molecule has 0 aliphatic carbocycles. The molecule has 0 radical (unpaired) electrons. The van der Waals surface area contributed by atoms with Gasteiger partial charge in [0.25, 0.3) is 0 Å². The second-order valence-electron chi connectivity index (χ2n) is 7.98. The van der Waals surface area contributed by atoms with Crippen LogP contribution in [0.25, 0.3) is 0 Å². The Morgan fingerprint density at radius 1 is 1.07 bits per heavy atom. The van der Waals surface area contributed by atoms with E-state index in [1.165, 1.54) is 45.3 Å². The van der Waals surface area contributed by atoms with Crippen LogP contribution in [0.3, 0.4) is 0 Å². The van der Waals surface area contributed by atoms with Gasteiger partial charge < -0.3 is 20.4 Å². The Hall–Kier alpha value is -0.570. The van der Waals surface area contributed by atoms with Crippen LogP contribution in [-0.2, 0) is 4.79 Å². The predicted octanol–water partition coefficient (Wildman–Crippen LogP) is 3.07. The third kappa shape index (κ3) is 9.76. The zero-order chi connectivity index (χ0) is 19.3. The average Bonchev–Trinajstić information content (AvgIpc) is 2.88. The van der Waals surface area contributed by atoms with Gasteiger partial charge in [0.2, 0.25) is 5.91 Å². The van der Waals surface area contributed by atoms with Crippen LogP contribution in [0.1, 0.15) is 65.2 Å². The number of aliphatic imine (C=N–C) groups is 1. The zero-order valence-electron chi connectivity index (χ0n) is 18.0. The molecule has 0 aromatic carbocycles. The fourth-order valence-corrected chi connectivity index (χ4v) is 4.02. The summed E-state index contributed by atoms with van der Waals surface area (Å²) >= 11 is 0. The van der Waals surface area contributed by atoms with Gasteiger partial charge in [0.05, 0.1) is 0 Å². The van der Waals surface area contributed by atoms with E-state index in [2.05, 4.69) is 29.4 Å². The highest BCUT2D eigenvalue weighted by atomic mass is 127. The van der Waals surface area contributed by atoms with Gasteiger partial charge >= 0.3 is 0 Å². The summed E-state index contributed by atoms with van der Waals surface area (Å²) in [5.74, 6) is 1.97. The van der Waals surface area contributed by atoms with Crippen LogP contribution < -0.4 is 10.6 Å². The number of likely N-dealkylation sites (tertiary alicyclic amines) is 2. The van der Waals surface area contributed by atoms with E-state index >= 15 is 0 Å². The molecule has 164 valence electrons. The lowest BCUT2D eigenvalue weighted by atomic mass is 9.97. The summed E-state index contributed by atoms with van der Waals surface area (Å²) in [4.78, 5) is 21.5. The van der Waals surface area contributed by atoms with Gasteiger partial charge in [-0.3, -0.25) is 9.79 Å². The number of hydrogen-bond donors (Lipinski definition) is 2. The molecule has 0 atom stereocenters. The molecule has 0 aromatic rings. The fraction of sp³-hybridized carbons (Fsp3) is 0.905. The third-order valence-corrected chi connectivity index (χ3v) is 5.67. The minimum absolute atomic E-state index is 0. The van der Waals surface area contributed by atoms with Gasteiger partial charge in [-0.15, -0.1) is 24.0 Å². The molecule has 2 aliphatic heterocycles. The normalized spacial score (nSPS) is 19.9. The van der Waals surface area contributed by atoms with Crippen LogP contribution in [0.4, 0.5) is 0 Å². The number of rotatable bonds is 9. The van der Waals surface area contributed by atoms with E-state index in [4.69, 9.17) is 4.99 Å². The molecule has 0 spiro atoms. The van der Waals surface area contributed by atoms with E-state index in [9.17, 15) is 4.79 Å².